The van der Waals surface area contributed by atoms with Crippen molar-refractivity contribution in [1.82, 2.24) is 0 Å². The van der Waals surface area contributed by atoms with Crippen molar-refractivity contribution in [3.05, 3.63) is 265 Å². The molecule has 0 saturated carbocycles. The van der Waals surface area contributed by atoms with Crippen LogP contribution in [-0.2, 0) is 5.41 Å². The van der Waals surface area contributed by atoms with Gasteiger partial charge >= 0.3 is 0 Å². The number of fused-ring (bicyclic) bond motifs is 20. The van der Waals surface area contributed by atoms with Crippen LogP contribution in [0, 0.1) is 0 Å². The van der Waals surface area contributed by atoms with Crippen molar-refractivity contribution in [1.29, 1.82) is 0 Å². The second-order valence-corrected chi connectivity index (χ2v) is 35.3. The van der Waals surface area contributed by atoms with Crippen LogP contribution >= 0.6 is 0 Å². The van der Waals surface area contributed by atoms with E-state index in [2.05, 4.69) is 292 Å². The molecule has 0 fully saturated rings. The Bertz CT molecular complexity index is 4850. The molecular weight excluding hydrogens is 1040 g/mol. The summed E-state index contributed by atoms with van der Waals surface area (Å²) in [6, 6.07) is 91.4. The number of benzene rings is 12. The molecule has 0 saturated heterocycles. The fourth-order valence-electron chi connectivity index (χ4n) is 14.7. The summed E-state index contributed by atoms with van der Waals surface area (Å²) in [7, 11) is -3.27. The second-order valence-electron chi connectivity index (χ2n) is 25.1. The van der Waals surface area contributed by atoms with Crippen LogP contribution in [-0.4, -0.2) is 16.1 Å². The molecule has 0 unspecified atom stereocenters. The summed E-state index contributed by atoms with van der Waals surface area (Å²) in [5.41, 5.74) is 24.3. The highest BCUT2D eigenvalue weighted by molar-refractivity contribution is 6.89. The van der Waals surface area contributed by atoms with Gasteiger partial charge in [0.25, 0.3) is 0 Å². The predicted octanol–water partition coefficient (Wildman–Crippen LogP) is 20.7. The molecule has 0 aliphatic heterocycles. The van der Waals surface area contributed by atoms with E-state index >= 15 is 0 Å². The molecule has 0 atom stereocenters. The molecule has 0 bridgehead atoms. The zero-order chi connectivity index (χ0) is 55.7. The molecular formula is C77H58N2O2Si2. The Hall–Kier alpha value is -9.47. The van der Waals surface area contributed by atoms with Crippen molar-refractivity contribution >= 4 is 115 Å². The van der Waals surface area contributed by atoms with E-state index in [0.717, 1.165) is 78.0 Å². The van der Waals surface area contributed by atoms with E-state index in [-0.39, 0.29) is 0 Å². The fourth-order valence-corrected chi connectivity index (χ4v) is 17.0. The van der Waals surface area contributed by atoms with Crippen LogP contribution in [0.3, 0.4) is 0 Å². The first-order valence-corrected chi connectivity index (χ1v) is 36.1. The van der Waals surface area contributed by atoms with Crippen LogP contribution in [0.4, 0.5) is 34.1 Å². The van der Waals surface area contributed by atoms with Crippen LogP contribution in [0.2, 0.25) is 39.3 Å². The van der Waals surface area contributed by atoms with Gasteiger partial charge in [-0.25, -0.2) is 0 Å². The largest absolute Gasteiger partial charge is 0.454 e. The number of hydrogen-bond donors (Lipinski definition) is 0. The van der Waals surface area contributed by atoms with Gasteiger partial charge in [-0.3, -0.25) is 0 Å². The van der Waals surface area contributed by atoms with Gasteiger partial charge in [-0.15, -0.1) is 0 Å². The van der Waals surface area contributed by atoms with Gasteiger partial charge < -0.3 is 18.6 Å². The maximum absolute atomic E-state index is 6.95. The van der Waals surface area contributed by atoms with Crippen molar-refractivity contribution in [2.45, 2.75) is 44.7 Å². The standard InChI is InChI=1S/C77H58N2O2Si2/c1-82(2,3)51-38-32-47(33-39-51)78(69-28-16-24-60-57-20-10-13-30-71(57)80-75(60)69)49-36-42-55-56-43-37-50(79(48-34-40-52(41-35-48)83(4,5)6)70-29-17-25-61-58-21-11-14-31-72(58)81-76(61)70)45-67(56)77(66(55)44-49)65-27-12-9-22-62(65)74-63-26-15-23-59-53-18-7-8-19-54(53)64(73(59)63)46-68(74)77/h7-46H,1-6H3. The first kappa shape index (κ1) is 48.3. The molecule has 0 radical (unpaired) electrons. The Kier molecular flexibility index (Phi) is 10.1. The quantitative estimate of drug-likeness (QED) is 0.142. The number of rotatable bonds is 8. The molecule has 4 nitrogen and oxygen atoms in total. The minimum atomic E-state index is -1.63. The van der Waals surface area contributed by atoms with Gasteiger partial charge in [-0.1, -0.05) is 213 Å². The van der Waals surface area contributed by atoms with E-state index in [0.29, 0.717) is 0 Å². The van der Waals surface area contributed by atoms with Crippen LogP contribution in [0.1, 0.15) is 22.3 Å². The zero-order valence-corrected chi connectivity index (χ0v) is 49.3. The molecule has 2 heterocycles. The van der Waals surface area contributed by atoms with Crippen LogP contribution in [0.25, 0.3) is 99.2 Å². The monoisotopic (exact) mass is 1100 g/mol. The van der Waals surface area contributed by atoms with Gasteiger partial charge in [0.05, 0.1) is 32.9 Å². The summed E-state index contributed by atoms with van der Waals surface area (Å²) in [5, 5.41) is 9.88. The summed E-state index contributed by atoms with van der Waals surface area (Å²) >= 11 is 0. The van der Waals surface area contributed by atoms with Crippen molar-refractivity contribution < 1.29 is 8.83 Å². The molecule has 6 heteroatoms. The van der Waals surface area contributed by atoms with E-state index in [1.807, 2.05) is 0 Å². The van der Waals surface area contributed by atoms with Gasteiger partial charge in [0.2, 0.25) is 0 Å². The van der Waals surface area contributed by atoms with Gasteiger partial charge in [0.1, 0.15) is 11.2 Å². The first-order chi connectivity index (χ1) is 40.4. The molecule has 3 aliphatic rings. The van der Waals surface area contributed by atoms with Crippen molar-refractivity contribution in [2.24, 2.45) is 0 Å². The summed E-state index contributed by atoms with van der Waals surface area (Å²) in [6.07, 6.45) is 0. The van der Waals surface area contributed by atoms with E-state index in [9.17, 15) is 0 Å². The van der Waals surface area contributed by atoms with Gasteiger partial charge in [-0.05, 0) is 156 Å². The Morgan fingerprint density at radius 2 is 0.723 bits per heavy atom. The highest BCUT2D eigenvalue weighted by atomic mass is 28.3. The lowest BCUT2D eigenvalue weighted by Crippen LogP contribution is -2.37. The lowest BCUT2D eigenvalue weighted by Gasteiger charge is -2.33. The van der Waals surface area contributed by atoms with Crippen molar-refractivity contribution in [3.8, 4) is 44.5 Å². The Balaban J connectivity index is 0.970. The minimum Gasteiger partial charge on any atom is -0.454 e. The van der Waals surface area contributed by atoms with Crippen LogP contribution < -0.4 is 20.2 Å². The third-order valence-electron chi connectivity index (χ3n) is 18.5. The molecule has 0 N–H and O–H groups in total. The predicted molar refractivity (Wildman–Crippen MR) is 355 cm³/mol. The Morgan fingerprint density at radius 1 is 0.301 bits per heavy atom. The molecule has 0 amide bonds. The summed E-state index contributed by atoms with van der Waals surface area (Å²) in [6.45, 7) is 14.5. The zero-order valence-electron chi connectivity index (χ0n) is 47.3. The maximum atomic E-state index is 6.95. The highest BCUT2D eigenvalue weighted by Gasteiger charge is 2.53. The molecule has 83 heavy (non-hydrogen) atoms. The lowest BCUT2D eigenvalue weighted by atomic mass is 9.70. The van der Waals surface area contributed by atoms with Crippen LogP contribution in [0.15, 0.2) is 251 Å². The topological polar surface area (TPSA) is 32.8 Å². The SMILES string of the molecule is C[Si](C)(C)c1ccc(N(c2ccc3c(c2)C2(c4cc(N(c5ccc([Si](C)(C)C)cc5)c5cccc6c5oc5ccccc56)ccc4-3)c3ccccc3-c3c2cc2c4c(cccc34)-c3ccccc3-2)c2cccc3c2oc2ccccc23)cc1. The summed E-state index contributed by atoms with van der Waals surface area (Å²) < 4.78 is 13.9. The molecule has 1 spiro atoms. The molecule has 3 aliphatic carbocycles. The third kappa shape index (κ3) is 6.79. The van der Waals surface area contributed by atoms with E-state index in [1.54, 1.807) is 0 Å². The van der Waals surface area contributed by atoms with Gasteiger partial charge in [-0.2, -0.15) is 0 Å². The average Bonchev–Trinajstić information content (AvgIpc) is 1.55. The highest BCUT2D eigenvalue weighted by Crippen LogP contribution is 2.67. The fraction of sp³-hybridized carbons (Fsp3) is 0.0909. The second kappa shape index (κ2) is 17.3. The summed E-state index contributed by atoms with van der Waals surface area (Å²) in [5.74, 6) is 0. The number of furan rings is 2. The first-order valence-electron chi connectivity index (χ1n) is 29.1. The van der Waals surface area contributed by atoms with Gasteiger partial charge in [0.15, 0.2) is 11.2 Å². The van der Waals surface area contributed by atoms with E-state index in [1.165, 1.54) is 87.9 Å². The number of hydrogen-bond acceptors (Lipinski definition) is 4. The number of anilines is 6. The molecule has 2 aromatic heterocycles. The van der Waals surface area contributed by atoms with E-state index in [4.69, 9.17) is 8.83 Å². The minimum absolute atomic E-state index is 0.752. The van der Waals surface area contributed by atoms with Crippen molar-refractivity contribution in [2.75, 3.05) is 9.80 Å². The van der Waals surface area contributed by atoms with E-state index < -0.39 is 21.6 Å². The molecule has 17 rings (SSSR count). The number of nitrogens with zero attached hydrogens (tertiary/aromatic N) is 2. The molecule has 396 valence electrons. The average molecular weight is 1100 g/mol. The normalized spacial score (nSPS) is 13.5. The Morgan fingerprint density at radius 3 is 1.25 bits per heavy atom. The maximum Gasteiger partial charge on any atom is 0.159 e. The molecule has 14 aromatic rings. The number of para-hydroxylation sites is 4. The van der Waals surface area contributed by atoms with Crippen molar-refractivity contribution in [3.63, 3.8) is 0 Å². The third-order valence-corrected chi connectivity index (χ3v) is 22.7. The molecule has 12 aromatic carbocycles. The van der Waals surface area contributed by atoms with Gasteiger partial charge in [0, 0.05) is 44.3 Å². The Labute approximate surface area is 485 Å². The van der Waals surface area contributed by atoms with Crippen LogP contribution in [0.5, 0.6) is 0 Å². The summed E-state index contributed by atoms with van der Waals surface area (Å²) in [4.78, 5) is 4.90. The smallest absolute Gasteiger partial charge is 0.159 e. The lowest BCUT2D eigenvalue weighted by molar-refractivity contribution is 0.668.